The lowest BCUT2D eigenvalue weighted by Gasteiger charge is -2.20. The molecule has 0 radical (unpaired) electrons. The van der Waals surface area contributed by atoms with Crippen molar-refractivity contribution < 1.29 is 29.0 Å². The van der Waals surface area contributed by atoms with Crippen molar-refractivity contribution in [3.63, 3.8) is 0 Å². The highest BCUT2D eigenvalue weighted by molar-refractivity contribution is 5.98. The van der Waals surface area contributed by atoms with E-state index < -0.39 is 24.0 Å². The second-order valence-corrected chi connectivity index (χ2v) is 7.29. The maximum absolute atomic E-state index is 12.7. The van der Waals surface area contributed by atoms with E-state index in [4.69, 9.17) is 9.47 Å². The number of aliphatic hydroxyl groups excluding tert-OH is 1. The zero-order chi connectivity index (χ0) is 20.3. The van der Waals surface area contributed by atoms with Crippen molar-refractivity contribution >= 4 is 17.8 Å². The number of carbonyl (C=O) groups excluding carboxylic acids is 3. The number of nitrogens with zero attached hydrogens (tertiary/aromatic N) is 1. The third kappa shape index (κ3) is 4.27. The summed E-state index contributed by atoms with van der Waals surface area (Å²) in [6.45, 7) is 1.53. The largest absolute Gasteiger partial charge is 0.497 e. The second kappa shape index (κ2) is 8.60. The molecule has 2 aliphatic rings. The highest BCUT2D eigenvalue weighted by atomic mass is 16.5. The number of benzene rings is 1. The Morgan fingerprint density at radius 2 is 1.75 bits per heavy atom. The molecule has 28 heavy (non-hydrogen) atoms. The highest BCUT2D eigenvalue weighted by Crippen LogP contribution is 2.29. The molecule has 1 aromatic carbocycles. The number of methoxy groups -OCH3 is 2. The Labute approximate surface area is 163 Å². The van der Waals surface area contributed by atoms with Gasteiger partial charge >= 0.3 is 5.97 Å². The van der Waals surface area contributed by atoms with Crippen LogP contribution in [-0.2, 0) is 9.53 Å². The molecule has 1 saturated carbocycles. The van der Waals surface area contributed by atoms with Gasteiger partial charge in [-0.25, -0.2) is 4.79 Å². The Morgan fingerprint density at radius 1 is 1.07 bits per heavy atom. The lowest BCUT2D eigenvalue weighted by molar-refractivity contribution is -0.134. The Morgan fingerprint density at radius 3 is 2.39 bits per heavy atom. The number of carbonyl (C=O) groups is 3. The molecule has 1 saturated heterocycles. The summed E-state index contributed by atoms with van der Waals surface area (Å²) in [5.41, 5.74) is 0.419. The molecular weight excluding hydrogens is 364 g/mol. The molecule has 0 bridgehead atoms. The molecule has 1 aliphatic carbocycles. The van der Waals surface area contributed by atoms with Crippen LogP contribution in [0.15, 0.2) is 18.2 Å². The first-order valence-electron chi connectivity index (χ1n) is 9.48. The van der Waals surface area contributed by atoms with Crippen molar-refractivity contribution in [2.24, 2.45) is 5.92 Å². The standard InChI is InChI=1S/C20H26N2O6/c1-27-15-8-12(7-14(9-15)20(26)28-2)18(24)21-16-10-13(11-17(16)23)19(25)22-5-3-4-6-22/h7-9,13,16-17,23H,3-6,10-11H2,1-2H3,(H,21,24)/t13-,16-,17-/m0/s1. The fourth-order valence-corrected chi connectivity index (χ4v) is 3.90. The zero-order valence-electron chi connectivity index (χ0n) is 16.1. The van der Waals surface area contributed by atoms with E-state index in [1.165, 1.54) is 32.4 Å². The molecule has 2 N–H and O–H groups in total. The van der Waals surface area contributed by atoms with Gasteiger partial charge in [-0.05, 0) is 43.9 Å². The fraction of sp³-hybridized carbons (Fsp3) is 0.550. The average Bonchev–Trinajstić information content (AvgIpc) is 3.37. The summed E-state index contributed by atoms with van der Waals surface area (Å²) < 4.78 is 9.85. The predicted octanol–water partition coefficient (Wildman–Crippen LogP) is 0.973. The van der Waals surface area contributed by atoms with Crippen LogP contribution >= 0.6 is 0 Å². The van der Waals surface area contributed by atoms with Gasteiger partial charge in [-0.3, -0.25) is 9.59 Å². The quantitative estimate of drug-likeness (QED) is 0.726. The van der Waals surface area contributed by atoms with Crippen molar-refractivity contribution in [2.75, 3.05) is 27.3 Å². The van der Waals surface area contributed by atoms with Crippen LogP contribution in [0.3, 0.4) is 0 Å². The van der Waals surface area contributed by atoms with Gasteiger partial charge in [-0.15, -0.1) is 0 Å². The zero-order valence-corrected chi connectivity index (χ0v) is 16.1. The third-order valence-electron chi connectivity index (χ3n) is 5.44. The number of amides is 2. The van der Waals surface area contributed by atoms with Crippen LogP contribution in [0.25, 0.3) is 0 Å². The normalized spacial score (nSPS) is 24.1. The van der Waals surface area contributed by atoms with Gasteiger partial charge < -0.3 is 24.8 Å². The summed E-state index contributed by atoms with van der Waals surface area (Å²) in [6, 6.07) is 3.89. The van der Waals surface area contributed by atoms with E-state index in [0.29, 0.717) is 18.6 Å². The average molecular weight is 390 g/mol. The third-order valence-corrected chi connectivity index (χ3v) is 5.44. The molecule has 0 aromatic heterocycles. The summed E-state index contributed by atoms with van der Waals surface area (Å²) in [6.07, 6.45) is 1.98. The number of esters is 1. The van der Waals surface area contributed by atoms with Gasteiger partial charge in [-0.2, -0.15) is 0 Å². The van der Waals surface area contributed by atoms with Gasteiger partial charge in [0, 0.05) is 24.6 Å². The summed E-state index contributed by atoms with van der Waals surface area (Å²) in [5, 5.41) is 13.1. The number of nitrogens with one attached hydrogen (secondary N) is 1. The van der Waals surface area contributed by atoms with Crippen LogP contribution < -0.4 is 10.1 Å². The lowest BCUT2D eigenvalue weighted by atomic mass is 10.1. The van der Waals surface area contributed by atoms with E-state index in [-0.39, 0.29) is 23.0 Å². The number of likely N-dealkylation sites (tertiary alicyclic amines) is 1. The van der Waals surface area contributed by atoms with Crippen LogP contribution in [0.4, 0.5) is 0 Å². The van der Waals surface area contributed by atoms with Crippen LogP contribution in [-0.4, -0.2) is 67.2 Å². The molecule has 3 atom stereocenters. The number of aliphatic hydroxyl groups is 1. The van der Waals surface area contributed by atoms with E-state index in [1.54, 1.807) is 0 Å². The van der Waals surface area contributed by atoms with Gasteiger partial charge in [0.15, 0.2) is 0 Å². The Hall–Kier alpha value is -2.61. The summed E-state index contributed by atoms with van der Waals surface area (Å²) >= 11 is 0. The van der Waals surface area contributed by atoms with Gasteiger partial charge in [0.1, 0.15) is 5.75 Å². The fourth-order valence-electron chi connectivity index (χ4n) is 3.90. The molecule has 152 valence electrons. The van der Waals surface area contributed by atoms with E-state index in [1.807, 2.05) is 4.90 Å². The van der Waals surface area contributed by atoms with Gasteiger partial charge in [0.05, 0.1) is 31.9 Å². The van der Waals surface area contributed by atoms with Crippen LogP contribution in [0, 0.1) is 5.92 Å². The van der Waals surface area contributed by atoms with Crippen molar-refractivity contribution in [2.45, 2.75) is 37.8 Å². The Balaban J connectivity index is 1.68. The van der Waals surface area contributed by atoms with Crippen molar-refractivity contribution in [3.8, 4) is 5.75 Å². The van der Waals surface area contributed by atoms with E-state index >= 15 is 0 Å². The topological polar surface area (TPSA) is 105 Å². The first-order chi connectivity index (χ1) is 13.4. The molecule has 1 aliphatic heterocycles. The van der Waals surface area contributed by atoms with E-state index in [0.717, 1.165) is 25.9 Å². The predicted molar refractivity (Wildman–Crippen MR) is 100 cm³/mol. The monoisotopic (exact) mass is 390 g/mol. The first-order valence-corrected chi connectivity index (χ1v) is 9.48. The first kappa shape index (κ1) is 20.1. The molecule has 2 amide bonds. The Kier molecular flexibility index (Phi) is 6.18. The molecule has 8 heteroatoms. The minimum absolute atomic E-state index is 0.0580. The van der Waals surface area contributed by atoms with Crippen LogP contribution in [0.2, 0.25) is 0 Å². The van der Waals surface area contributed by atoms with Crippen molar-refractivity contribution in [3.05, 3.63) is 29.3 Å². The minimum Gasteiger partial charge on any atom is -0.497 e. The van der Waals surface area contributed by atoms with Crippen molar-refractivity contribution in [1.82, 2.24) is 10.2 Å². The minimum atomic E-state index is -0.786. The number of hydrogen-bond donors (Lipinski definition) is 2. The molecule has 0 unspecified atom stereocenters. The maximum atomic E-state index is 12.7. The van der Waals surface area contributed by atoms with Crippen molar-refractivity contribution in [1.29, 1.82) is 0 Å². The Bertz CT molecular complexity index is 759. The van der Waals surface area contributed by atoms with Gasteiger partial charge in [0.2, 0.25) is 5.91 Å². The van der Waals surface area contributed by atoms with Gasteiger partial charge in [-0.1, -0.05) is 0 Å². The highest BCUT2D eigenvalue weighted by Gasteiger charge is 2.39. The number of hydrogen-bond acceptors (Lipinski definition) is 6. The summed E-state index contributed by atoms with van der Waals surface area (Å²) in [7, 11) is 2.70. The summed E-state index contributed by atoms with van der Waals surface area (Å²) in [4.78, 5) is 38.9. The SMILES string of the molecule is COC(=O)c1cc(OC)cc(C(=O)N[C@H]2C[C@H](C(=O)N3CCCC3)C[C@@H]2O)c1. The maximum Gasteiger partial charge on any atom is 0.338 e. The molecule has 2 fully saturated rings. The van der Waals surface area contributed by atoms with Gasteiger partial charge in [0.25, 0.3) is 5.91 Å². The van der Waals surface area contributed by atoms with Crippen LogP contribution in [0.5, 0.6) is 5.75 Å². The van der Waals surface area contributed by atoms with E-state index in [2.05, 4.69) is 5.32 Å². The molecule has 8 nitrogen and oxygen atoms in total. The lowest BCUT2D eigenvalue weighted by Crippen LogP contribution is -2.40. The smallest absolute Gasteiger partial charge is 0.338 e. The second-order valence-electron chi connectivity index (χ2n) is 7.29. The molecule has 1 heterocycles. The number of ether oxygens (including phenoxy) is 2. The molecular formula is C20H26N2O6. The summed E-state index contributed by atoms with van der Waals surface area (Å²) in [5.74, 6) is -0.897. The molecule has 1 aromatic rings. The van der Waals surface area contributed by atoms with Crippen LogP contribution in [0.1, 0.15) is 46.4 Å². The molecule has 3 rings (SSSR count). The number of rotatable bonds is 5. The van der Waals surface area contributed by atoms with E-state index in [9.17, 15) is 19.5 Å². The molecule has 0 spiro atoms.